The molecule has 1 atom stereocenters. The lowest BCUT2D eigenvalue weighted by atomic mass is 10.1. The van der Waals surface area contributed by atoms with Gasteiger partial charge in [0, 0.05) is 22.8 Å². The van der Waals surface area contributed by atoms with Crippen LogP contribution < -0.4 is 16.6 Å². The van der Waals surface area contributed by atoms with E-state index in [2.05, 4.69) is 5.32 Å². The first kappa shape index (κ1) is 17.4. The summed E-state index contributed by atoms with van der Waals surface area (Å²) < 4.78 is 1.39. The minimum Gasteiger partial charge on any atom is -0.366 e. The van der Waals surface area contributed by atoms with E-state index < -0.39 is 11.9 Å². The van der Waals surface area contributed by atoms with Crippen molar-refractivity contribution in [3.63, 3.8) is 0 Å². The van der Waals surface area contributed by atoms with Crippen LogP contribution in [0.2, 0.25) is 0 Å². The van der Waals surface area contributed by atoms with Gasteiger partial charge in [-0.2, -0.15) is 0 Å². The molecule has 3 rings (SSSR count). The number of rotatable bonds is 4. The average Bonchev–Trinajstić information content (AvgIpc) is 2.63. The molecule has 6 heteroatoms. The van der Waals surface area contributed by atoms with Crippen LogP contribution in [0.25, 0.3) is 10.8 Å². The van der Waals surface area contributed by atoms with Gasteiger partial charge >= 0.3 is 0 Å². The number of carbonyl (C=O) groups excluding carboxylic acids is 2. The van der Waals surface area contributed by atoms with Crippen molar-refractivity contribution in [2.75, 3.05) is 5.32 Å². The highest BCUT2D eigenvalue weighted by Crippen LogP contribution is 2.17. The first-order valence-electron chi connectivity index (χ1n) is 8.19. The fourth-order valence-corrected chi connectivity index (χ4v) is 2.85. The Kier molecular flexibility index (Phi) is 4.58. The molecule has 6 nitrogen and oxygen atoms in total. The Hall–Kier alpha value is -3.41. The van der Waals surface area contributed by atoms with Crippen LogP contribution in [-0.4, -0.2) is 16.4 Å². The molecule has 2 aromatic carbocycles. The number of hydrogen-bond acceptors (Lipinski definition) is 3. The van der Waals surface area contributed by atoms with E-state index in [1.54, 1.807) is 50.4 Å². The molecule has 3 aromatic rings. The number of nitrogens with two attached hydrogens (primary N) is 1. The van der Waals surface area contributed by atoms with Crippen LogP contribution in [0.4, 0.5) is 5.69 Å². The van der Waals surface area contributed by atoms with Crippen molar-refractivity contribution in [1.29, 1.82) is 0 Å². The number of nitrogens with one attached hydrogen (secondary N) is 1. The van der Waals surface area contributed by atoms with E-state index in [0.29, 0.717) is 16.6 Å². The van der Waals surface area contributed by atoms with Crippen LogP contribution in [0.3, 0.4) is 0 Å². The molecule has 2 amide bonds. The maximum absolute atomic E-state index is 12.6. The molecular weight excluding hydrogens is 330 g/mol. The summed E-state index contributed by atoms with van der Waals surface area (Å²) in [6.07, 6.45) is 1.61. The molecule has 0 aliphatic rings. The second-order valence-corrected chi connectivity index (χ2v) is 6.17. The minimum atomic E-state index is -0.717. The van der Waals surface area contributed by atoms with E-state index in [9.17, 15) is 14.4 Å². The highest BCUT2D eigenvalue weighted by Gasteiger charge is 2.18. The van der Waals surface area contributed by atoms with Crippen LogP contribution in [-0.2, 0) is 4.79 Å². The molecule has 1 aromatic heterocycles. The molecule has 0 radical (unpaired) electrons. The highest BCUT2D eigenvalue weighted by molar-refractivity contribution is 5.98. The van der Waals surface area contributed by atoms with E-state index in [-0.39, 0.29) is 11.5 Å². The smallest absolute Gasteiger partial charge is 0.259 e. The Morgan fingerprint density at radius 2 is 1.85 bits per heavy atom. The number of benzene rings is 2. The molecule has 1 unspecified atom stereocenters. The quantitative estimate of drug-likeness (QED) is 0.758. The normalized spacial score (nSPS) is 11.9. The zero-order chi connectivity index (χ0) is 18.8. The van der Waals surface area contributed by atoms with E-state index in [4.69, 9.17) is 5.73 Å². The second-order valence-electron chi connectivity index (χ2n) is 6.17. The Bertz CT molecular complexity index is 1070. The third-order valence-corrected chi connectivity index (χ3v) is 4.41. The third kappa shape index (κ3) is 3.21. The number of amides is 2. The number of pyridine rings is 1. The summed E-state index contributed by atoms with van der Waals surface area (Å²) in [5.41, 5.74) is 6.64. The lowest BCUT2D eigenvalue weighted by Crippen LogP contribution is -2.31. The molecule has 3 N–H and O–H groups in total. The van der Waals surface area contributed by atoms with Gasteiger partial charge in [-0.1, -0.05) is 24.3 Å². The van der Waals surface area contributed by atoms with Gasteiger partial charge in [0.25, 0.3) is 5.56 Å². The Morgan fingerprint density at radius 1 is 1.12 bits per heavy atom. The van der Waals surface area contributed by atoms with Gasteiger partial charge in [-0.15, -0.1) is 0 Å². The number of carbonyl (C=O) groups is 2. The first-order valence-corrected chi connectivity index (χ1v) is 8.19. The third-order valence-electron chi connectivity index (χ3n) is 4.41. The van der Waals surface area contributed by atoms with Crippen molar-refractivity contribution < 1.29 is 9.59 Å². The van der Waals surface area contributed by atoms with Crippen molar-refractivity contribution in [3.8, 4) is 0 Å². The topological polar surface area (TPSA) is 94.2 Å². The van der Waals surface area contributed by atoms with E-state index in [1.165, 1.54) is 10.6 Å². The zero-order valence-electron chi connectivity index (χ0n) is 14.5. The monoisotopic (exact) mass is 349 g/mol. The Morgan fingerprint density at radius 3 is 2.58 bits per heavy atom. The maximum Gasteiger partial charge on any atom is 0.259 e. The fraction of sp³-hybridized carbons (Fsp3) is 0.150. The number of aromatic nitrogens is 1. The molecule has 26 heavy (non-hydrogen) atoms. The van der Waals surface area contributed by atoms with Gasteiger partial charge in [-0.05, 0) is 49.1 Å². The number of hydrogen-bond donors (Lipinski definition) is 2. The predicted molar refractivity (Wildman–Crippen MR) is 101 cm³/mol. The first-order chi connectivity index (χ1) is 12.4. The Labute approximate surface area is 150 Å². The van der Waals surface area contributed by atoms with E-state index in [1.807, 2.05) is 12.1 Å². The lowest BCUT2D eigenvalue weighted by Gasteiger charge is -2.16. The minimum absolute atomic E-state index is 0.229. The van der Waals surface area contributed by atoms with Gasteiger partial charge in [0.1, 0.15) is 6.04 Å². The number of primary amides is 1. The predicted octanol–water partition coefficient (Wildman–Crippen LogP) is 2.61. The molecule has 0 fully saturated rings. The van der Waals surface area contributed by atoms with Crippen molar-refractivity contribution in [3.05, 3.63) is 76.2 Å². The summed E-state index contributed by atoms with van der Waals surface area (Å²) in [5, 5.41) is 4.11. The van der Waals surface area contributed by atoms with Gasteiger partial charge in [0.15, 0.2) is 0 Å². The van der Waals surface area contributed by atoms with Gasteiger partial charge in [-0.3, -0.25) is 14.4 Å². The lowest BCUT2D eigenvalue weighted by molar-refractivity contribution is -0.118. The van der Waals surface area contributed by atoms with Crippen molar-refractivity contribution in [2.24, 2.45) is 5.73 Å². The summed E-state index contributed by atoms with van der Waals surface area (Å²) in [5.74, 6) is -0.918. The largest absolute Gasteiger partial charge is 0.366 e. The van der Waals surface area contributed by atoms with Gasteiger partial charge in [-0.25, -0.2) is 0 Å². The van der Waals surface area contributed by atoms with Crippen LogP contribution in [0.1, 0.15) is 28.9 Å². The summed E-state index contributed by atoms with van der Waals surface area (Å²) in [7, 11) is 0. The standard InChI is InChI=1S/C20H19N3O3/c1-12-7-8-15(11-17(12)18(21)24)22-19(25)13(2)23-10-9-14-5-3-4-6-16(14)20(23)26/h3-11,13H,1-2H3,(H2,21,24)(H,22,25). The van der Waals surface area contributed by atoms with E-state index in [0.717, 1.165) is 10.9 Å². The van der Waals surface area contributed by atoms with Crippen molar-refractivity contribution in [1.82, 2.24) is 4.57 Å². The van der Waals surface area contributed by atoms with E-state index >= 15 is 0 Å². The molecule has 0 saturated heterocycles. The molecule has 0 spiro atoms. The van der Waals surface area contributed by atoms with Crippen LogP contribution in [0.5, 0.6) is 0 Å². The fourth-order valence-electron chi connectivity index (χ4n) is 2.85. The summed E-state index contributed by atoms with van der Waals surface area (Å²) in [6.45, 7) is 3.41. The van der Waals surface area contributed by atoms with Gasteiger partial charge < -0.3 is 15.6 Å². The second kappa shape index (κ2) is 6.84. The molecule has 0 saturated carbocycles. The molecular formula is C20H19N3O3. The molecule has 0 aliphatic carbocycles. The maximum atomic E-state index is 12.6. The highest BCUT2D eigenvalue weighted by atomic mass is 16.2. The molecule has 0 bridgehead atoms. The van der Waals surface area contributed by atoms with Crippen LogP contribution >= 0.6 is 0 Å². The van der Waals surface area contributed by atoms with Crippen LogP contribution in [0.15, 0.2) is 59.5 Å². The number of aryl methyl sites for hydroxylation is 1. The van der Waals surface area contributed by atoms with Crippen molar-refractivity contribution >= 4 is 28.3 Å². The summed E-state index contributed by atoms with van der Waals surface area (Å²) in [4.78, 5) is 36.7. The average molecular weight is 349 g/mol. The molecule has 132 valence electrons. The van der Waals surface area contributed by atoms with Crippen LogP contribution in [0, 0.1) is 6.92 Å². The van der Waals surface area contributed by atoms with Crippen molar-refractivity contribution in [2.45, 2.75) is 19.9 Å². The summed E-state index contributed by atoms with van der Waals surface area (Å²) >= 11 is 0. The molecule has 0 aliphatic heterocycles. The van der Waals surface area contributed by atoms with Gasteiger partial charge in [0.05, 0.1) is 0 Å². The summed E-state index contributed by atoms with van der Waals surface area (Å²) in [6, 6.07) is 13.3. The number of fused-ring (bicyclic) bond motifs is 1. The SMILES string of the molecule is Cc1ccc(NC(=O)C(C)n2ccc3ccccc3c2=O)cc1C(N)=O. The molecule has 1 heterocycles. The van der Waals surface area contributed by atoms with Gasteiger partial charge in [0.2, 0.25) is 11.8 Å². The number of anilines is 1. The number of nitrogens with zero attached hydrogens (tertiary/aromatic N) is 1. The Balaban J connectivity index is 1.89. The zero-order valence-corrected chi connectivity index (χ0v) is 14.5.